The first kappa shape index (κ1) is 12.7. The molecule has 1 atom stereocenters. The molecule has 1 unspecified atom stereocenters. The maximum absolute atomic E-state index is 5.50. The maximum atomic E-state index is 5.50. The van der Waals surface area contributed by atoms with Crippen molar-refractivity contribution in [2.75, 3.05) is 11.9 Å². The number of hydrogen-bond donors (Lipinski definition) is 1. The Balaban J connectivity index is 2.73. The van der Waals surface area contributed by atoms with Crippen LogP contribution >= 0.6 is 0 Å². The monoisotopic (exact) mass is 223 g/mol. The molecule has 1 heterocycles. The fourth-order valence-corrected chi connectivity index (χ4v) is 1.21. The fourth-order valence-electron chi connectivity index (χ4n) is 1.21. The van der Waals surface area contributed by atoms with Gasteiger partial charge >= 0.3 is 0 Å². The van der Waals surface area contributed by atoms with Gasteiger partial charge in [0.05, 0.1) is 6.61 Å². The summed E-state index contributed by atoms with van der Waals surface area (Å²) in [4.78, 5) is 8.64. The molecule has 16 heavy (non-hydrogen) atoms. The average molecular weight is 223 g/mol. The molecule has 4 nitrogen and oxygen atoms in total. The molecular weight excluding hydrogens is 202 g/mol. The number of ether oxygens (including phenoxy) is 1. The molecule has 1 aromatic rings. The molecule has 0 fully saturated rings. The molecule has 0 aliphatic heterocycles. The maximum Gasteiger partial charge on any atom is 0.226 e. The average Bonchev–Trinajstić information content (AvgIpc) is 2.25. The summed E-state index contributed by atoms with van der Waals surface area (Å²) in [5.74, 6) is 1.31. The van der Waals surface area contributed by atoms with Gasteiger partial charge in [-0.25, -0.2) is 4.98 Å². The van der Waals surface area contributed by atoms with Crippen LogP contribution in [0.1, 0.15) is 39.3 Å². The van der Waals surface area contributed by atoms with Crippen LogP contribution in [0.15, 0.2) is 6.07 Å². The number of rotatable bonds is 6. The second kappa shape index (κ2) is 6.30. The summed E-state index contributed by atoms with van der Waals surface area (Å²) in [6.45, 7) is 8.95. The van der Waals surface area contributed by atoms with Gasteiger partial charge in [0.2, 0.25) is 11.8 Å². The van der Waals surface area contributed by atoms with Gasteiger partial charge in [0.15, 0.2) is 0 Å². The topological polar surface area (TPSA) is 47.0 Å². The van der Waals surface area contributed by atoms with Crippen LogP contribution in [0.3, 0.4) is 0 Å². The molecule has 1 N–H and O–H groups in total. The van der Waals surface area contributed by atoms with Gasteiger partial charge in [0, 0.05) is 17.8 Å². The second-order valence-electron chi connectivity index (χ2n) is 3.97. The van der Waals surface area contributed by atoms with E-state index in [-0.39, 0.29) is 0 Å². The van der Waals surface area contributed by atoms with Crippen molar-refractivity contribution in [2.24, 2.45) is 0 Å². The minimum absolute atomic E-state index is 0.376. The van der Waals surface area contributed by atoms with Crippen molar-refractivity contribution in [2.45, 2.75) is 46.6 Å². The van der Waals surface area contributed by atoms with Gasteiger partial charge in [-0.1, -0.05) is 13.8 Å². The molecule has 0 aromatic carbocycles. The van der Waals surface area contributed by atoms with Crippen molar-refractivity contribution >= 4 is 5.95 Å². The zero-order chi connectivity index (χ0) is 12.0. The predicted molar refractivity (Wildman–Crippen MR) is 65.9 cm³/mol. The lowest BCUT2D eigenvalue weighted by molar-refractivity contribution is 0.305. The van der Waals surface area contributed by atoms with Crippen molar-refractivity contribution in [3.8, 4) is 5.88 Å². The number of nitrogens with one attached hydrogen (secondary N) is 1. The highest BCUT2D eigenvalue weighted by Gasteiger charge is 2.05. The molecule has 0 amide bonds. The number of hydrogen-bond acceptors (Lipinski definition) is 4. The molecule has 0 radical (unpaired) electrons. The Kier molecular flexibility index (Phi) is 5.02. The van der Waals surface area contributed by atoms with E-state index < -0.39 is 0 Å². The standard InChI is InChI=1S/C12H21N3O/c1-5-7-16-11-8-10(4)14-12(15-11)13-9(3)6-2/h8-9H,5-7H2,1-4H3,(H,13,14,15). The lowest BCUT2D eigenvalue weighted by Crippen LogP contribution is -2.16. The van der Waals surface area contributed by atoms with E-state index in [2.05, 4.69) is 36.1 Å². The molecule has 0 saturated heterocycles. The minimum atomic E-state index is 0.376. The number of nitrogens with zero attached hydrogens (tertiary/aromatic N) is 2. The van der Waals surface area contributed by atoms with Crippen LogP contribution in [0.4, 0.5) is 5.95 Å². The van der Waals surface area contributed by atoms with Crippen LogP contribution in [0.2, 0.25) is 0 Å². The Morgan fingerprint density at radius 2 is 2.12 bits per heavy atom. The fraction of sp³-hybridized carbons (Fsp3) is 0.667. The highest BCUT2D eigenvalue weighted by molar-refractivity contribution is 5.31. The lowest BCUT2D eigenvalue weighted by Gasteiger charge is -2.12. The first-order chi connectivity index (χ1) is 7.65. The van der Waals surface area contributed by atoms with E-state index in [1.807, 2.05) is 13.0 Å². The van der Waals surface area contributed by atoms with E-state index in [0.29, 0.717) is 24.5 Å². The normalized spacial score (nSPS) is 12.2. The highest BCUT2D eigenvalue weighted by atomic mass is 16.5. The Bertz CT molecular complexity index is 328. The van der Waals surface area contributed by atoms with Crippen LogP contribution in [0.25, 0.3) is 0 Å². The third-order valence-electron chi connectivity index (χ3n) is 2.27. The number of aryl methyl sites for hydroxylation is 1. The highest BCUT2D eigenvalue weighted by Crippen LogP contribution is 2.13. The summed E-state index contributed by atoms with van der Waals surface area (Å²) in [6, 6.07) is 2.23. The summed E-state index contributed by atoms with van der Waals surface area (Å²) in [5, 5.41) is 3.25. The van der Waals surface area contributed by atoms with Gasteiger partial charge in [-0.3, -0.25) is 0 Å². The SMILES string of the molecule is CCCOc1cc(C)nc(NC(C)CC)n1. The van der Waals surface area contributed by atoms with Crippen LogP contribution < -0.4 is 10.1 Å². The zero-order valence-corrected chi connectivity index (χ0v) is 10.6. The Labute approximate surface area is 97.5 Å². The molecule has 0 spiro atoms. The van der Waals surface area contributed by atoms with Crippen LogP contribution in [0, 0.1) is 6.92 Å². The first-order valence-corrected chi connectivity index (χ1v) is 5.90. The summed E-state index contributed by atoms with van der Waals surface area (Å²) in [5.41, 5.74) is 0.923. The van der Waals surface area contributed by atoms with Crippen LogP contribution in [-0.4, -0.2) is 22.6 Å². The molecule has 0 saturated carbocycles. The van der Waals surface area contributed by atoms with E-state index in [1.54, 1.807) is 0 Å². The van der Waals surface area contributed by atoms with Crippen LogP contribution in [-0.2, 0) is 0 Å². The molecule has 0 aliphatic carbocycles. The van der Waals surface area contributed by atoms with Crippen molar-refractivity contribution in [3.05, 3.63) is 11.8 Å². The number of anilines is 1. The Hall–Kier alpha value is -1.32. The van der Waals surface area contributed by atoms with Gasteiger partial charge in [-0.05, 0) is 26.7 Å². The van der Waals surface area contributed by atoms with E-state index in [0.717, 1.165) is 18.5 Å². The summed E-state index contributed by atoms with van der Waals surface area (Å²) >= 11 is 0. The van der Waals surface area contributed by atoms with Gasteiger partial charge in [0.25, 0.3) is 0 Å². The minimum Gasteiger partial charge on any atom is -0.478 e. The molecule has 1 rings (SSSR count). The van der Waals surface area contributed by atoms with Gasteiger partial charge < -0.3 is 10.1 Å². The summed E-state index contributed by atoms with van der Waals surface area (Å²) in [6.07, 6.45) is 2.03. The van der Waals surface area contributed by atoms with Crippen LogP contribution in [0.5, 0.6) is 5.88 Å². The van der Waals surface area contributed by atoms with E-state index >= 15 is 0 Å². The molecule has 0 aliphatic rings. The van der Waals surface area contributed by atoms with E-state index in [1.165, 1.54) is 0 Å². The van der Waals surface area contributed by atoms with E-state index in [4.69, 9.17) is 4.74 Å². The second-order valence-corrected chi connectivity index (χ2v) is 3.97. The van der Waals surface area contributed by atoms with E-state index in [9.17, 15) is 0 Å². The zero-order valence-electron chi connectivity index (χ0n) is 10.6. The smallest absolute Gasteiger partial charge is 0.226 e. The third kappa shape index (κ3) is 4.04. The molecule has 1 aromatic heterocycles. The first-order valence-electron chi connectivity index (χ1n) is 5.90. The third-order valence-corrected chi connectivity index (χ3v) is 2.27. The largest absolute Gasteiger partial charge is 0.478 e. The van der Waals surface area contributed by atoms with Crippen molar-refractivity contribution in [3.63, 3.8) is 0 Å². The molecule has 90 valence electrons. The Morgan fingerprint density at radius 1 is 1.38 bits per heavy atom. The van der Waals surface area contributed by atoms with Crippen molar-refractivity contribution in [1.82, 2.24) is 9.97 Å². The van der Waals surface area contributed by atoms with Gasteiger partial charge in [0.1, 0.15) is 0 Å². The lowest BCUT2D eigenvalue weighted by atomic mass is 10.3. The van der Waals surface area contributed by atoms with Gasteiger partial charge in [-0.2, -0.15) is 4.98 Å². The van der Waals surface area contributed by atoms with Gasteiger partial charge in [-0.15, -0.1) is 0 Å². The summed E-state index contributed by atoms with van der Waals surface area (Å²) in [7, 11) is 0. The number of aromatic nitrogens is 2. The quantitative estimate of drug-likeness (QED) is 0.805. The Morgan fingerprint density at radius 3 is 2.75 bits per heavy atom. The predicted octanol–water partition coefficient (Wildman–Crippen LogP) is 2.78. The molecule has 0 bridgehead atoms. The van der Waals surface area contributed by atoms with Crippen molar-refractivity contribution in [1.29, 1.82) is 0 Å². The van der Waals surface area contributed by atoms with Crippen molar-refractivity contribution < 1.29 is 4.74 Å². The molecule has 4 heteroatoms. The molecular formula is C12H21N3O. The summed E-state index contributed by atoms with van der Waals surface area (Å²) < 4.78 is 5.50.